The number of nitrogens with one attached hydrogen (secondary N) is 4. The molecular formula is C12H10N5O2+. The third-order valence-electron chi connectivity index (χ3n) is 2.61. The van der Waals surface area contributed by atoms with E-state index in [0.717, 1.165) is 0 Å². The second kappa shape index (κ2) is 4.37. The highest BCUT2D eigenvalue weighted by molar-refractivity contribution is 6.03. The second-order valence-electron chi connectivity index (χ2n) is 3.89. The number of rotatable bonds is 2. The summed E-state index contributed by atoms with van der Waals surface area (Å²) in [5.41, 5.74) is 0.850. The molecule has 0 atom stereocenters. The van der Waals surface area contributed by atoms with E-state index in [1.54, 1.807) is 24.3 Å². The van der Waals surface area contributed by atoms with Crippen molar-refractivity contribution in [3.63, 3.8) is 0 Å². The summed E-state index contributed by atoms with van der Waals surface area (Å²) in [6.07, 6.45) is 1.50. The molecule has 0 saturated heterocycles. The molecule has 0 aliphatic heterocycles. The number of benzene rings is 1. The Morgan fingerprint density at radius 3 is 2.84 bits per heavy atom. The minimum atomic E-state index is -0.352. The number of carbonyl (C=O) groups excluding carboxylic acids is 1. The number of amides is 1. The average Bonchev–Trinajstić information content (AvgIpc) is 2.88. The molecule has 0 fully saturated rings. The van der Waals surface area contributed by atoms with Gasteiger partial charge in [0.2, 0.25) is 5.52 Å². The predicted molar refractivity (Wildman–Crippen MR) is 67.7 cm³/mol. The lowest BCUT2D eigenvalue weighted by Crippen LogP contribution is -2.19. The molecule has 4 N–H and O–H groups in total. The zero-order valence-electron chi connectivity index (χ0n) is 9.73. The molecule has 0 radical (unpaired) electrons. The summed E-state index contributed by atoms with van der Waals surface area (Å²) in [4.78, 5) is 35.7. The zero-order valence-corrected chi connectivity index (χ0v) is 9.73. The second-order valence-corrected chi connectivity index (χ2v) is 3.89. The van der Waals surface area contributed by atoms with Crippen LogP contribution in [0.1, 0.15) is 10.4 Å². The van der Waals surface area contributed by atoms with Gasteiger partial charge in [0.05, 0.1) is 0 Å². The Labute approximate surface area is 106 Å². The van der Waals surface area contributed by atoms with Gasteiger partial charge in [-0.3, -0.25) is 24.9 Å². The van der Waals surface area contributed by atoms with Gasteiger partial charge in [-0.15, -0.1) is 0 Å². The average molecular weight is 256 g/mol. The number of aromatic nitrogens is 4. The van der Waals surface area contributed by atoms with E-state index in [1.807, 2.05) is 6.07 Å². The van der Waals surface area contributed by atoms with Gasteiger partial charge in [-0.1, -0.05) is 23.2 Å². The van der Waals surface area contributed by atoms with Crippen molar-refractivity contribution in [1.29, 1.82) is 0 Å². The van der Waals surface area contributed by atoms with Gasteiger partial charge in [-0.2, -0.15) is 0 Å². The van der Waals surface area contributed by atoms with Crippen LogP contribution in [-0.4, -0.2) is 20.9 Å². The number of nitrogens with zero attached hydrogens (tertiary/aromatic N) is 1. The fourth-order valence-corrected chi connectivity index (χ4v) is 1.72. The molecule has 0 unspecified atom stereocenters. The van der Waals surface area contributed by atoms with E-state index in [1.165, 1.54) is 6.33 Å². The Kier molecular flexibility index (Phi) is 2.57. The standard InChI is InChI=1S/C12H9N5O2/c18-10(7-4-2-1-3-5-7)16-12-15-9-8(11(19)17-12)13-6-14-9/h1-6H,(H3,13,14,15,16,17,18,19)/p+1. The lowest BCUT2D eigenvalue weighted by Gasteiger charge is -2.00. The van der Waals surface area contributed by atoms with Crippen molar-refractivity contribution in [2.24, 2.45) is 0 Å². The summed E-state index contributed by atoms with van der Waals surface area (Å²) in [5, 5.41) is 2.54. The molecular weight excluding hydrogens is 246 g/mol. The molecule has 1 aromatic carbocycles. The monoisotopic (exact) mass is 256 g/mol. The first-order valence-corrected chi connectivity index (χ1v) is 5.59. The highest BCUT2D eigenvalue weighted by Gasteiger charge is 2.14. The predicted octanol–water partition coefficient (Wildman–Crippen LogP) is 0.318. The summed E-state index contributed by atoms with van der Waals surface area (Å²) >= 11 is 0. The first kappa shape index (κ1) is 11.1. The van der Waals surface area contributed by atoms with Gasteiger partial charge in [-0.25, -0.2) is 4.98 Å². The fraction of sp³-hybridized carbons (Fsp3) is 0. The van der Waals surface area contributed by atoms with E-state index < -0.39 is 0 Å². The van der Waals surface area contributed by atoms with E-state index in [9.17, 15) is 9.59 Å². The molecule has 0 aliphatic rings. The van der Waals surface area contributed by atoms with Gasteiger partial charge in [0, 0.05) is 5.56 Å². The van der Waals surface area contributed by atoms with Crippen molar-refractivity contribution < 1.29 is 9.78 Å². The lowest BCUT2D eigenvalue weighted by molar-refractivity contribution is -0.347. The molecule has 3 rings (SSSR count). The number of fused-ring (bicyclic) bond motifs is 1. The molecule has 19 heavy (non-hydrogen) atoms. The molecule has 0 saturated carbocycles. The quantitative estimate of drug-likeness (QED) is 0.614. The number of imidazole rings is 1. The third-order valence-corrected chi connectivity index (χ3v) is 2.61. The van der Waals surface area contributed by atoms with Gasteiger partial charge in [-0.05, 0) is 12.1 Å². The highest BCUT2D eigenvalue weighted by Crippen LogP contribution is 2.04. The Morgan fingerprint density at radius 2 is 2.05 bits per heavy atom. The number of anilines is 1. The van der Waals surface area contributed by atoms with Gasteiger partial charge in [0.25, 0.3) is 17.4 Å². The minimum absolute atomic E-state index is 0.0993. The van der Waals surface area contributed by atoms with Crippen LogP contribution >= 0.6 is 0 Å². The number of hydrogen-bond donors (Lipinski definition) is 3. The summed E-state index contributed by atoms with van der Waals surface area (Å²) in [6, 6.07) is 8.68. The number of H-pyrrole nitrogens is 3. The maximum absolute atomic E-state index is 11.9. The van der Waals surface area contributed by atoms with Gasteiger partial charge in [0.15, 0.2) is 6.33 Å². The first-order valence-electron chi connectivity index (χ1n) is 5.59. The van der Waals surface area contributed by atoms with Gasteiger partial charge < -0.3 is 0 Å². The van der Waals surface area contributed by atoms with Crippen molar-refractivity contribution in [2.75, 3.05) is 5.32 Å². The van der Waals surface area contributed by atoms with E-state index >= 15 is 0 Å². The Morgan fingerprint density at radius 1 is 1.26 bits per heavy atom. The van der Waals surface area contributed by atoms with Crippen LogP contribution in [-0.2, 0) is 0 Å². The molecule has 1 amide bonds. The normalized spacial score (nSPS) is 10.5. The van der Waals surface area contributed by atoms with E-state index in [0.29, 0.717) is 16.7 Å². The molecule has 7 nitrogen and oxygen atoms in total. The van der Waals surface area contributed by atoms with Crippen LogP contribution in [0.2, 0.25) is 0 Å². The van der Waals surface area contributed by atoms with E-state index in [4.69, 9.17) is 0 Å². The van der Waals surface area contributed by atoms with Crippen molar-refractivity contribution >= 4 is 23.0 Å². The van der Waals surface area contributed by atoms with Crippen LogP contribution in [0.15, 0.2) is 41.5 Å². The lowest BCUT2D eigenvalue weighted by atomic mass is 10.2. The van der Waals surface area contributed by atoms with Crippen LogP contribution in [0.5, 0.6) is 0 Å². The zero-order chi connectivity index (χ0) is 13.2. The smallest absolute Gasteiger partial charge is 0.278 e. The Balaban J connectivity index is 1.93. The maximum atomic E-state index is 11.9. The SMILES string of the molecule is O=C(Nc1nc2[nH+]c[nH]c2c(=O)[nH]1)c1ccccc1. The van der Waals surface area contributed by atoms with Crippen molar-refractivity contribution in [3.05, 3.63) is 52.6 Å². The fourth-order valence-electron chi connectivity index (χ4n) is 1.72. The first-order chi connectivity index (χ1) is 9.24. The molecule has 2 heterocycles. The Hall–Kier alpha value is -2.96. The van der Waals surface area contributed by atoms with Crippen molar-refractivity contribution in [3.8, 4) is 0 Å². The molecule has 2 aromatic heterocycles. The maximum Gasteiger partial charge on any atom is 0.309 e. The van der Waals surface area contributed by atoms with Crippen LogP contribution in [0.3, 0.4) is 0 Å². The van der Waals surface area contributed by atoms with Crippen LogP contribution < -0.4 is 15.9 Å². The molecule has 7 heteroatoms. The number of hydrogen-bond acceptors (Lipinski definition) is 3. The van der Waals surface area contributed by atoms with Gasteiger partial charge >= 0.3 is 5.65 Å². The van der Waals surface area contributed by atoms with E-state index in [-0.39, 0.29) is 17.4 Å². The summed E-state index contributed by atoms with van der Waals surface area (Å²) in [5.74, 6) is -0.235. The molecule has 0 spiro atoms. The van der Waals surface area contributed by atoms with Crippen molar-refractivity contribution in [1.82, 2.24) is 15.0 Å². The van der Waals surface area contributed by atoms with Crippen molar-refractivity contribution in [2.45, 2.75) is 0 Å². The molecule has 3 aromatic rings. The molecule has 94 valence electrons. The largest absolute Gasteiger partial charge is 0.309 e. The van der Waals surface area contributed by atoms with Crippen LogP contribution in [0.4, 0.5) is 5.95 Å². The van der Waals surface area contributed by atoms with Gasteiger partial charge in [0.1, 0.15) is 0 Å². The summed E-state index contributed by atoms with van der Waals surface area (Å²) in [6.45, 7) is 0. The highest BCUT2D eigenvalue weighted by atomic mass is 16.2. The summed E-state index contributed by atoms with van der Waals surface area (Å²) in [7, 11) is 0. The minimum Gasteiger partial charge on any atom is -0.278 e. The molecule has 0 aliphatic carbocycles. The number of carbonyl (C=O) groups is 1. The molecule has 0 bridgehead atoms. The number of aromatic amines is 3. The summed E-state index contributed by atoms with van der Waals surface area (Å²) < 4.78 is 0. The van der Waals surface area contributed by atoms with E-state index in [2.05, 4.69) is 25.3 Å². The Bertz CT molecular complexity index is 790. The topological polar surface area (TPSA) is 105 Å². The van der Waals surface area contributed by atoms with Crippen LogP contribution in [0.25, 0.3) is 11.2 Å². The van der Waals surface area contributed by atoms with Crippen LogP contribution in [0, 0.1) is 0 Å². The third kappa shape index (κ3) is 2.08.